The Hall–Kier alpha value is -3.28. The number of hydrogen-bond acceptors (Lipinski definition) is 4. The van der Waals surface area contributed by atoms with E-state index in [1.165, 1.54) is 11.0 Å². The highest BCUT2D eigenvalue weighted by Gasteiger charge is 2.33. The highest BCUT2D eigenvalue weighted by molar-refractivity contribution is 7.92. The molecule has 0 saturated heterocycles. The molecule has 3 aromatic rings. The molecule has 0 aromatic heterocycles. The van der Waals surface area contributed by atoms with Crippen molar-refractivity contribution in [3.63, 3.8) is 0 Å². The van der Waals surface area contributed by atoms with E-state index in [-0.39, 0.29) is 49.9 Å². The van der Waals surface area contributed by atoms with Crippen molar-refractivity contribution in [3.8, 4) is 0 Å². The van der Waals surface area contributed by atoms with Crippen LogP contribution in [0.15, 0.2) is 72.8 Å². The summed E-state index contributed by atoms with van der Waals surface area (Å²) in [5, 5.41) is 3.51. The third-order valence-electron chi connectivity index (χ3n) is 6.96. The van der Waals surface area contributed by atoms with E-state index in [4.69, 9.17) is 23.2 Å². The number of anilines is 1. The number of amides is 2. The summed E-state index contributed by atoms with van der Waals surface area (Å²) in [6.45, 7) is 3.88. The molecule has 3 rings (SSSR count). The van der Waals surface area contributed by atoms with E-state index >= 15 is 0 Å². The number of nitrogens with one attached hydrogen (secondary N) is 1. The molecule has 0 bridgehead atoms. The summed E-state index contributed by atoms with van der Waals surface area (Å²) in [6, 6.07) is 17.1. The van der Waals surface area contributed by atoms with Gasteiger partial charge in [0.25, 0.3) is 0 Å². The van der Waals surface area contributed by atoms with Crippen LogP contribution in [0, 0.1) is 5.92 Å². The molecule has 0 aliphatic rings. The number of alkyl halides is 3. The maximum Gasteiger partial charge on any atom is 0.416 e. The summed E-state index contributed by atoms with van der Waals surface area (Å²) in [7, 11) is -4.00. The summed E-state index contributed by atoms with van der Waals surface area (Å²) in [5.74, 6) is -0.721. The van der Waals surface area contributed by atoms with Gasteiger partial charge in [0.05, 0.1) is 17.5 Å². The van der Waals surface area contributed by atoms with Gasteiger partial charge in [0, 0.05) is 48.1 Å². The largest absolute Gasteiger partial charge is 0.416 e. The van der Waals surface area contributed by atoms with Crippen molar-refractivity contribution in [2.75, 3.05) is 23.7 Å². The summed E-state index contributed by atoms with van der Waals surface area (Å²) >= 11 is 12.9. The molecular formula is C32H36Cl2F3N3O4S. The quantitative estimate of drug-likeness (QED) is 0.199. The average Bonchev–Trinajstić information content (AvgIpc) is 2.96. The Morgan fingerprint density at radius 1 is 0.933 bits per heavy atom. The summed E-state index contributed by atoms with van der Waals surface area (Å²) in [5.41, 5.74) is 0.0712. The first-order chi connectivity index (χ1) is 21.1. The number of hydrogen-bond donors (Lipinski definition) is 1. The minimum absolute atomic E-state index is 0.0411. The van der Waals surface area contributed by atoms with Gasteiger partial charge in [-0.25, -0.2) is 8.42 Å². The number of halogens is 5. The monoisotopic (exact) mass is 685 g/mol. The van der Waals surface area contributed by atoms with Gasteiger partial charge >= 0.3 is 6.18 Å². The third-order valence-corrected chi connectivity index (χ3v) is 8.86. The van der Waals surface area contributed by atoms with E-state index in [1.807, 2.05) is 44.2 Å². The van der Waals surface area contributed by atoms with Gasteiger partial charge in [0.2, 0.25) is 21.8 Å². The van der Waals surface area contributed by atoms with Crippen molar-refractivity contribution >= 4 is 50.7 Å². The van der Waals surface area contributed by atoms with Crippen LogP contribution in [0.4, 0.5) is 18.9 Å². The molecule has 0 fully saturated rings. The van der Waals surface area contributed by atoms with Gasteiger partial charge in [-0.3, -0.25) is 13.9 Å². The van der Waals surface area contributed by atoms with E-state index in [2.05, 4.69) is 5.32 Å². The van der Waals surface area contributed by atoms with E-state index in [1.54, 1.807) is 18.2 Å². The van der Waals surface area contributed by atoms with Gasteiger partial charge in [-0.1, -0.05) is 79.5 Å². The molecule has 0 aliphatic carbocycles. The first kappa shape index (κ1) is 36.2. The molecule has 1 N–H and O–H groups in total. The molecule has 0 radical (unpaired) electrons. The van der Waals surface area contributed by atoms with Gasteiger partial charge in [-0.2, -0.15) is 13.2 Å². The molecule has 0 saturated carbocycles. The van der Waals surface area contributed by atoms with E-state index in [9.17, 15) is 31.2 Å². The fourth-order valence-corrected chi connectivity index (χ4v) is 6.15. The Bertz CT molecular complexity index is 1550. The number of benzene rings is 3. The molecule has 244 valence electrons. The van der Waals surface area contributed by atoms with Crippen LogP contribution in [0.5, 0.6) is 0 Å². The molecule has 1 atom stereocenters. The number of nitrogens with zero attached hydrogens (tertiary/aromatic N) is 2. The Balaban J connectivity index is 1.94. The van der Waals surface area contributed by atoms with Gasteiger partial charge in [-0.15, -0.1) is 0 Å². The van der Waals surface area contributed by atoms with E-state index in [0.717, 1.165) is 34.3 Å². The molecule has 0 heterocycles. The number of sulfonamides is 1. The predicted octanol–water partition coefficient (Wildman–Crippen LogP) is 6.97. The molecule has 45 heavy (non-hydrogen) atoms. The topological polar surface area (TPSA) is 86.8 Å². The van der Waals surface area contributed by atoms with Crippen molar-refractivity contribution in [3.05, 3.63) is 99.5 Å². The SMILES string of the molecule is CC(C)CNC(=O)[C@H](Cc1ccccc1)N(Cc1c(Cl)cccc1Cl)C(=O)CCCN(c1cccc(C(F)(F)F)c1)S(C)(=O)=O. The lowest BCUT2D eigenvalue weighted by molar-refractivity contribution is -0.141. The summed E-state index contributed by atoms with van der Waals surface area (Å²) in [6.07, 6.45) is -3.86. The second kappa shape index (κ2) is 15.8. The first-order valence-corrected chi connectivity index (χ1v) is 16.9. The Morgan fingerprint density at radius 3 is 2.13 bits per heavy atom. The van der Waals surface area contributed by atoms with Crippen molar-refractivity contribution in [1.29, 1.82) is 0 Å². The smallest absolute Gasteiger partial charge is 0.354 e. The zero-order valence-corrected chi connectivity index (χ0v) is 27.5. The molecule has 0 aliphatic heterocycles. The highest BCUT2D eigenvalue weighted by atomic mass is 35.5. The van der Waals surface area contributed by atoms with E-state index in [0.29, 0.717) is 22.2 Å². The maximum atomic E-state index is 13.9. The lowest BCUT2D eigenvalue weighted by Crippen LogP contribution is -2.51. The van der Waals surface area contributed by atoms with Crippen molar-refractivity contribution in [2.45, 2.75) is 51.9 Å². The van der Waals surface area contributed by atoms with Crippen LogP contribution in [-0.4, -0.2) is 50.5 Å². The minimum atomic E-state index is -4.67. The van der Waals surface area contributed by atoms with Crippen molar-refractivity contribution < 1.29 is 31.2 Å². The van der Waals surface area contributed by atoms with Crippen LogP contribution in [-0.2, 0) is 38.8 Å². The molecule has 13 heteroatoms. The summed E-state index contributed by atoms with van der Waals surface area (Å²) < 4.78 is 66.1. The van der Waals surface area contributed by atoms with Crippen LogP contribution in [0.1, 0.15) is 43.4 Å². The molecule has 0 unspecified atom stereocenters. The van der Waals surface area contributed by atoms with Crippen LogP contribution >= 0.6 is 23.2 Å². The second-order valence-corrected chi connectivity index (χ2v) is 13.8. The Morgan fingerprint density at radius 2 is 1.56 bits per heavy atom. The van der Waals surface area contributed by atoms with Crippen LogP contribution in [0.2, 0.25) is 10.0 Å². The van der Waals surface area contributed by atoms with Gasteiger partial charge in [0.15, 0.2) is 0 Å². The number of carbonyl (C=O) groups is 2. The van der Waals surface area contributed by atoms with Crippen molar-refractivity contribution in [2.24, 2.45) is 5.92 Å². The number of carbonyl (C=O) groups excluding carboxylic acids is 2. The van der Waals surface area contributed by atoms with Crippen LogP contribution in [0.3, 0.4) is 0 Å². The fourth-order valence-electron chi connectivity index (χ4n) is 4.67. The van der Waals surface area contributed by atoms with E-state index < -0.39 is 33.7 Å². The molecule has 3 aromatic carbocycles. The average molecular weight is 687 g/mol. The van der Waals surface area contributed by atoms with Gasteiger partial charge in [0.1, 0.15) is 6.04 Å². The second-order valence-electron chi connectivity index (χ2n) is 11.1. The summed E-state index contributed by atoms with van der Waals surface area (Å²) in [4.78, 5) is 28.9. The van der Waals surface area contributed by atoms with Gasteiger partial charge in [-0.05, 0) is 48.2 Å². The zero-order valence-electron chi connectivity index (χ0n) is 25.2. The fraction of sp³-hybridized carbons (Fsp3) is 0.375. The normalized spacial score (nSPS) is 12.6. The lowest BCUT2D eigenvalue weighted by Gasteiger charge is -2.32. The van der Waals surface area contributed by atoms with Crippen LogP contribution in [0.25, 0.3) is 0 Å². The van der Waals surface area contributed by atoms with Gasteiger partial charge < -0.3 is 10.2 Å². The molecular weight excluding hydrogens is 650 g/mol. The standard InChI is InChI=1S/C32H36Cl2F3N3O4S/c1-22(2)20-38-31(42)29(18-23-10-5-4-6-11-23)39(21-26-27(33)14-8-15-28(26)34)30(41)16-9-17-40(45(3,43)44)25-13-7-12-24(19-25)32(35,36)37/h4-8,10-15,19,22,29H,9,16-18,20-21H2,1-3H3,(H,38,42)/t29-/m0/s1. The Labute approximate surface area is 272 Å². The molecule has 0 spiro atoms. The lowest BCUT2D eigenvalue weighted by atomic mass is 10.0. The Kier molecular flexibility index (Phi) is 12.7. The first-order valence-electron chi connectivity index (χ1n) is 14.3. The zero-order chi connectivity index (χ0) is 33.4. The minimum Gasteiger partial charge on any atom is -0.354 e. The number of rotatable bonds is 14. The third kappa shape index (κ3) is 10.6. The predicted molar refractivity (Wildman–Crippen MR) is 172 cm³/mol. The van der Waals surface area contributed by atoms with Crippen LogP contribution < -0.4 is 9.62 Å². The maximum absolute atomic E-state index is 13.9. The molecule has 2 amide bonds. The van der Waals surface area contributed by atoms with Crippen molar-refractivity contribution in [1.82, 2.24) is 10.2 Å². The molecule has 7 nitrogen and oxygen atoms in total. The highest BCUT2D eigenvalue weighted by Crippen LogP contribution is 2.32.